The summed E-state index contributed by atoms with van der Waals surface area (Å²) in [6.07, 6.45) is 4.98. The van der Waals surface area contributed by atoms with Gasteiger partial charge in [-0.05, 0) is 61.4 Å². The lowest BCUT2D eigenvalue weighted by atomic mass is 9.95. The van der Waals surface area contributed by atoms with Crippen molar-refractivity contribution in [3.8, 4) is 22.5 Å². The highest BCUT2D eigenvalue weighted by atomic mass is 32.2. The number of fused-ring (bicyclic) bond motifs is 1. The molecule has 4 aromatic rings. The Labute approximate surface area is 251 Å². The molecular formula is C31H38N6O5S. The van der Waals surface area contributed by atoms with Crippen LogP contribution in [0.25, 0.3) is 22.5 Å². The number of esters is 1. The topological polar surface area (TPSA) is 142 Å². The Bertz CT molecular complexity index is 1760. The van der Waals surface area contributed by atoms with E-state index in [0.29, 0.717) is 43.6 Å². The molecule has 0 saturated carbocycles. The molecule has 12 heteroatoms. The predicted molar refractivity (Wildman–Crippen MR) is 163 cm³/mol. The summed E-state index contributed by atoms with van der Waals surface area (Å²) >= 11 is 0. The fourth-order valence-corrected chi connectivity index (χ4v) is 7.17. The van der Waals surface area contributed by atoms with E-state index in [0.717, 1.165) is 47.0 Å². The number of carbonyl (C=O) groups is 1. The SMILES string of the molecule is CCCCc1c(Cc2ccc(-c3ccccc3-c3nn[nH]n3)cc2)c(=O)n2n1CCCC2C(C)(C(=O)OCC)S(C)(=O)=O. The summed E-state index contributed by atoms with van der Waals surface area (Å²) in [5.41, 5.74) is 5.03. The molecular weight excluding hydrogens is 568 g/mol. The standard InChI is InChI=1S/C31H38N6O5S/c1-5-7-13-26-25(20-21-15-17-22(18-16-21)23-11-8-9-12-24(23)28-32-34-35-33-28)29(38)37-27(14-10-19-36(26)37)31(3,43(4,40)41)30(39)42-6-2/h8-9,11-12,15-18,27H,5-7,10,13-14,19-20H2,1-4H3,(H,32,33,34,35). The maximum absolute atomic E-state index is 14.2. The van der Waals surface area contributed by atoms with Crippen LogP contribution in [-0.2, 0) is 38.8 Å². The second-order valence-corrected chi connectivity index (χ2v) is 13.6. The van der Waals surface area contributed by atoms with E-state index in [9.17, 15) is 18.0 Å². The Kier molecular flexibility index (Phi) is 8.68. The summed E-state index contributed by atoms with van der Waals surface area (Å²) in [6.45, 7) is 5.78. The molecule has 2 atom stereocenters. The molecule has 228 valence electrons. The van der Waals surface area contributed by atoms with Crippen molar-refractivity contribution in [1.29, 1.82) is 0 Å². The quantitative estimate of drug-likeness (QED) is 0.251. The van der Waals surface area contributed by atoms with Crippen LogP contribution < -0.4 is 5.56 Å². The number of rotatable bonds is 11. The summed E-state index contributed by atoms with van der Waals surface area (Å²) in [5, 5.41) is 14.4. The zero-order valence-electron chi connectivity index (χ0n) is 25.0. The van der Waals surface area contributed by atoms with Crippen molar-refractivity contribution < 1.29 is 17.9 Å². The van der Waals surface area contributed by atoms with E-state index in [1.54, 1.807) is 6.92 Å². The lowest BCUT2D eigenvalue weighted by Gasteiger charge is -2.38. The first-order valence-electron chi connectivity index (χ1n) is 14.7. The third kappa shape index (κ3) is 5.55. The van der Waals surface area contributed by atoms with Crippen LogP contribution in [0, 0.1) is 0 Å². The van der Waals surface area contributed by atoms with Gasteiger partial charge in [0.15, 0.2) is 14.6 Å². The highest BCUT2D eigenvalue weighted by Gasteiger charge is 2.54. The van der Waals surface area contributed by atoms with Crippen LogP contribution in [0.1, 0.15) is 69.3 Å². The van der Waals surface area contributed by atoms with Gasteiger partial charge in [-0.2, -0.15) is 5.21 Å². The second kappa shape index (κ2) is 12.3. The largest absolute Gasteiger partial charge is 0.465 e. The van der Waals surface area contributed by atoms with Crippen LogP contribution in [0.15, 0.2) is 53.3 Å². The number of carbonyl (C=O) groups excluding carboxylic acids is 1. The number of H-pyrrole nitrogens is 1. The van der Waals surface area contributed by atoms with Gasteiger partial charge in [-0.1, -0.05) is 61.9 Å². The van der Waals surface area contributed by atoms with Gasteiger partial charge < -0.3 is 4.74 Å². The van der Waals surface area contributed by atoms with Crippen LogP contribution in [0.3, 0.4) is 0 Å². The number of aromatic amines is 1. The Morgan fingerprint density at radius 1 is 1.12 bits per heavy atom. The molecule has 5 rings (SSSR count). The molecule has 3 heterocycles. The summed E-state index contributed by atoms with van der Waals surface area (Å²) in [7, 11) is -3.94. The molecule has 0 bridgehead atoms. The van der Waals surface area contributed by atoms with E-state index in [1.807, 2.05) is 53.2 Å². The van der Waals surface area contributed by atoms with Crippen molar-refractivity contribution >= 4 is 15.8 Å². The number of tetrazole rings is 1. The second-order valence-electron chi connectivity index (χ2n) is 11.2. The van der Waals surface area contributed by atoms with E-state index in [-0.39, 0.29) is 12.2 Å². The number of hydrogen-bond acceptors (Lipinski definition) is 8. The monoisotopic (exact) mass is 606 g/mol. The summed E-state index contributed by atoms with van der Waals surface area (Å²) < 4.78 is 33.1. The number of nitrogens with one attached hydrogen (secondary N) is 1. The molecule has 2 aromatic heterocycles. The van der Waals surface area contributed by atoms with Crippen molar-refractivity contribution in [2.24, 2.45) is 0 Å². The zero-order valence-corrected chi connectivity index (χ0v) is 25.9. The average Bonchev–Trinajstić information content (AvgIpc) is 3.63. The Morgan fingerprint density at radius 2 is 1.84 bits per heavy atom. The number of aromatic nitrogens is 6. The Hall–Kier alpha value is -4.06. The van der Waals surface area contributed by atoms with Gasteiger partial charge in [0.2, 0.25) is 5.82 Å². The zero-order chi connectivity index (χ0) is 30.8. The van der Waals surface area contributed by atoms with Gasteiger partial charge in [0.05, 0.1) is 12.6 Å². The Balaban J connectivity index is 1.55. The summed E-state index contributed by atoms with van der Waals surface area (Å²) in [6, 6.07) is 15.0. The van der Waals surface area contributed by atoms with Crippen LogP contribution in [-0.4, -0.2) is 62.0 Å². The van der Waals surface area contributed by atoms with E-state index >= 15 is 0 Å². The minimum absolute atomic E-state index is 0.0507. The van der Waals surface area contributed by atoms with Gasteiger partial charge in [0.1, 0.15) is 0 Å². The number of sulfone groups is 1. The molecule has 0 spiro atoms. The number of ether oxygens (including phenoxy) is 1. The molecule has 0 amide bonds. The molecule has 0 saturated heterocycles. The van der Waals surface area contributed by atoms with Crippen LogP contribution in [0.5, 0.6) is 0 Å². The van der Waals surface area contributed by atoms with Crippen molar-refractivity contribution in [2.75, 3.05) is 12.9 Å². The average molecular weight is 607 g/mol. The van der Waals surface area contributed by atoms with Crippen LogP contribution in [0.2, 0.25) is 0 Å². The highest BCUT2D eigenvalue weighted by Crippen LogP contribution is 2.38. The van der Waals surface area contributed by atoms with Gasteiger partial charge in [-0.15, -0.1) is 10.2 Å². The minimum Gasteiger partial charge on any atom is -0.465 e. The molecule has 0 aliphatic carbocycles. The smallest absolute Gasteiger partial charge is 0.329 e. The number of hydrogen-bond donors (Lipinski definition) is 1. The van der Waals surface area contributed by atoms with Crippen molar-refractivity contribution in [1.82, 2.24) is 30.0 Å². The lowest BCUT2D eigenvalue weighted by Crippen LogP contribution is -2.55. The third-order valence-corrected chi connectivity index (χ3v) is 10.5. The van der Waals surface area contributed by atoms with Crippen LogP contribution in [0.4, 0.5) is 0 Å². The van der Waals surface area contributed by atoms with Gasteiger partial charge in [0, 0.05) is 36.0 Å². The maximum atomic E-state index is 14.2. The molecule has 1 N–H and O–H groups in total. The van der Waals surface area contributed by atoms with Gasteiger partial charge in [0.25, 0.3) is 5.56 Å². The molecule has 1 aliphatic heterocycles. The number of benzene rings is 2. The highest BCUT2D eigenvalue weighted by molar-refractivity contribution is 7.92. The number of unbranched alkanes of at least 4 members (excludes halogenated alkanes) is 1. The van der Waals surface area contributed by atoms with Crippen molar-refractivity contribution in [2.45, 2.75) is 76.6 Å². The van der Waals surface area contributed by atoms with E-state index in [4.69, 9.17) is 4.74 Å². The minimum atomic E-state index is -3.94. The molecule has 2 unspecified atom stereocenters. The first-order valence-corrected chi connectivity index (χ1v) is 16.6. The fraction of sp³-hybridized carbons (Fsp3) is 0.452. The van der Waals surface area contributed by atoms with Gasteiger partial charge in [-0.25, -0.2) is 13.1 Å². The van der Waals surface area contributed by atoms with Gasteiger partial charge in [-0.3, -0.25) is 14.3 Å². The molecule has 1 aliphatic rings. The Morgan fingerprint density at radius 3 is 2.47 bits per heavy atom. The summed E-state index contributed by atoms with van der Waals surface area (Å²) in [5.74, 6) is -0.316. The third-order valence-electron chi connectivity index (χ3n) is 8.54. The molecule has 0 radical (unpaired) electrons. The first kappa shape index (κ1) is 30.4. The van der Waals surface area contributed by atoms with Gasteiger partial charge >= 0.3 is 5.97 Å². The molecule has 0 fully saturated rings. The molecule has 2 aromatic carbocycles. The summed E-state index contributed by atoms with van der Waals surface area (Å²) in [4.78, 5) is 27.4. The maximum Gasteiger partial charge on any atom is 0.329 e. The van der Waals surface area contributed by atoms with Crippen LogP contribution >= 0.6 is 0 Å². The van der Waals surface area contributed by atoms with E-state index < -0.39 is 26.6 Å². The van der Waals surface area contributed by atoms with E-state index in [2.05, 4.69) is 27.5 Å². The van der Waals surface area contributed by atoms with Crippen molar-refractivity contribution in [3.63, 3.8) is 0 Å². The fourth-order valence-electron chi connectivity index (χ4n) is 6.10. The molecule has 43 heavy (non-hydrogen) atoms. The lowest BCUT2D eigenvalue weighted by molar-refractivity contribution is -0.147. The first-order chi connectivity index (χ1) is 20.6. The number of nitrogens with zero attached hydrogens (tertiary/aromatic N) is 5. The molecule has 11 nitrogen and oxygen atoms in total. The predicted octanol–water partition coefficient (Wildman–Crippen LogP) is 4.13. The van der Waals surface area contributed by atoms with E-state index in [1.165, 1.54) is 11.6 Å². The van der Waals surface area contributed by atoms with Crippen molar-refractivity contribution in [3.05, 3.63) is 75.7 Å². The normalized spacial score (nSPS) is 16.4.